The molecule has 1 saturated heterocycles. The van der Waals surface area contributed by atoms with E-state index >= 15 is 0 Å². The molecular formula is C20H26NO3S+. The van der Waals surface area contributed by atoms with E-state index in [1.807, 2.05) is 49.4 Å². The Morgan fingerprint density at radius 1 is 1.00 bits per heavy atom. The Hall–Kier alpha value is -1.69. The highest BCUT2D eigenvalue weighted by atomic mass is 32.2. The first-order valence-electron chi connectivity index (χ1n) is 8.80. The van der Waals surface area contributed by atoms with Crippen LogP contribution in [-0.4, -0.2) is 38.9 Å². The Morgan fingerprint density at radius 2 is 1.60 bits per heavy atom. The van der Waals surface area contributed by atoms with Crippen LogP contribution in [0.4, 0.5) is 0 Å². The summed E-state index contributed by atoms with van der Waals surface area (Å²) in [6.07, 6.45) is 1.33. The van der Waals surface area contributed by atoms with Crippen LogP contribution in [0.2, 0.25) is 0 Å². The molecule has 3 rings (SSSR count). The lowest BCUT2D eigenvalue weighted by Gasteiger charge is -2.36. The monoisotopic (exact) mass is 360 g/mol. The summed E-state index contributed by atoms with van der Waals surface area (Å²) in [4.78, 5) is 1.64. The van der Waals surface area contributed by atoms with E-state index in [1.165, 1.54) is 4.90 Å². The predicted octanol–water partition coefficient (Wildman–Crippen LogP) is 1.34. The van der Waals surface area contributed by atoms with Crippen LogP contribution in [0.3, 0.4) is 0 Å². The maximum absolute atomic E-state index is 12.5. The van der Waals surface area contributed by atoms with E-state index in [1.54, 1.807) is 12.1 Å². The molecule has 0 aliphatic carbocycles. The highest BCUT2D eigenvalue weighted by Gasteiger charge is 2.36. The SMILES string of the molecule is Cc1ccc(S(=O)(=O)CC[NH+]2CCC(O)(c3ccccc3)CC2)cc1. The summed E-state index contributed by atoms with van der Waals surface area (Å²) < 4.78 is 24.9. The molecule has 5 heteroatoms. The molecule has 0 bridgehead atoms. The summed E-state index contributed by atoms with van der Waals surface area (Å²) in [6.45, 7) is 4.10. The molecule has 0 unspecified atom stereocenters. The topological polar surface area (TPSA) is 58.8 Å². The summed E-state index contributed by atoms with van der Waals surface area (Å²) in [6, 6.07) is 16.8. The molecule has 134 valence electrons. The van der Waals surface area contributed by atoms with Crippen LogP contribution in [0.25, 0.3) is 0 Å². The zero-order valence-corrected chi connectivity index (χ0v) is 15.4. The van der Waals surface area contributed by atoms with Gasteiger partial charge in [0.25, 0.3) is 0 Å². The molecule has 0 amide bonds. The predicted molar refractivity (Wildman–Crippen MR) is 98.4 cm³/mol. The van der Waals surface area contributed by atoms with Gasteiger partial charge >= 0.3 is 0 Å². The lowest BCUT2D eigenvalue weighted by Crippen LogP contribution is -3.14. The Kier molecular flexibility index (Phi) is 5.27. The molecule has 2 aromatic carbocycles. The number of aryl methyl sites for hydroxylation is 1. The van der Waals surface area contributed by atoms with Crippen LogP contribution in [-0.2, 0) is 15.4 Å². The van der Waals surface area contributed by atoms with E-state index in [4.69, 9.17) is 0 Å². The fourth-order valence-corrected chi connectivity index (χ4v) is 4.79. The molecule has 2 N–H and O–H groups in total. The summed E-state index contributed by atoms with van der Waals surface area (Å²) in [5.74, 6) is 0.148. The van der Waals surface area contributed by atoms with Crippen molar-refractivity contribution >= 4 is 9.84 Å². The second-order valence-electron chi connectivity index (χ2n) is 7.03. The van der Waals surface area contributed by atoms with Crippen molar-refractivity contribution in [2.24, 2.45) is 0 Å². The van der Waals surface area contributed by atoms with Gasteiger partial charge in [-0.05, 0) is 24.6 Å². The number of benzene rings is 2. The number of aliphatic hydroxyl groups is 1. The van der Waals surface area contributed by atoms with E-state index in [-0.39, 0.29) is 5.75 Å². The number of piperidine rings is 1. The molecule has 2 aromatic rings. The Bertz CT molecular complexity index is 793. The van der Waals surface area contributed by atoms with Gasteiger partial charge in [0.05, 0.1) is 24.5 Å². The third-order valence-corrected chi connectivity index (χ3v) is 6.93. The van der Waals surface area contributed by atoms with Gasteiger partial charge in [-0.1, -0.05) is 48.0 Å². The fourth-order valence-electron chi connectivity index (χ4n) is 3.45. The average molecular weight is 360 g/mol. The number of hydrogen-bond acceptors (Lipinski definition) is 3. The van der Waals surface area contributed by atoms with Crippen molar-refractivity contribution in [1.82, 2.24) is 0 Å². The fraction of sp³-hybridized carbons (Fsp3) is 0.400. The van der Waals surface area contributed by atoms with Crippen LogP contribution in [0.1, 0.15) is 24.0 Å². The van der Waals surface area contributed by atoms with Gasteiger partial charge in [0.2, 0.25) is 0 Å². The van der Waals surface area contributed by atoms with Crippen molar-refractivity contribution in [2.75, 3.05) is 25.4 Å². The Balaban J connectivity index is 1.57. The van der Waals surface area contributed by atoms with Gasteiger partial charge in [-0.15, -0.1) is 0 Å². The summed E-state index contributed by atoms with van der Waals surface area (Å²) >= 11 is 0. The second kappa shape index (κ2) is 7.28. The highest BCUT2D eigenvalue weighted by Crippen LogP contribution is 2.28. The van der Waals surface area contributed by atoms with Crippen LogP contribution < -0.4 is 4.90 Å². The zero-order chi connectivity index (χ0) is 17.9. The Morgan fingerprint density at radius 3 is 2.20 bits per heavy atom. The van der Waals surface area contributed by atoms with Crippen molar-refractivity contribution in [3.8, 4) is 0 Å². The smallest absolute Gasteiger partial charge is 0.183 e. The van der Waals surface area contributed by atoms with Gasteiger partial charge in [-0.2, -0.15) is 0 Å². The van der Waals surface area contributed by atoms with Crippen molar-refractivity contribution in [3.05, 3.63) is 65.7 Å². The number of sulfone groups is 1. The maximum Gasteiger partial charge on any atom is 0.183 e. The lowest BCUT2D eigenvalue weighted by atomic mass is 9.84. The largest absolute Gasteiger partial charge is 0.385 e. The minimum absolute atomic E-state index is 0.148. The average Bonchev–Trinajstić information content (AvgIpc) is 2.62. The van der Waals surface area contributed by atoms with E-state index in [0.29, 0.717) is 24.3 Å². The van der Waals surface area contributed by atoms with Crippen LogP contribution in [0, 0.1) is 6.92 Å². The van der Waals surface area contributed by atoms with Gasteiger partial charge in [-0.3, -0.25) is 0 Å². The van der Waals surface area contributed by atoms with Gasteiger partial charge in [0.1, 0.15) is 11.4 Å². The van der Waals surface area contributed by atoms with E-state index in [2.05, 4.69) is 0 Å². The number of likely N-dealkylation sites (tertiary alicyclic amines) is 1. The molecule has 1 fully saturated rings. The summed E-state index contributed by atoms with van der Waals surface area (Å²) in [5.41, 5.74) is 1.24. The van der Waals surface area contributed by atoms with Crippen LogP contribution in [0.5, 0.6) is 0 Å². The first kappa shape index (κ1) is 18.1. The van der Waals surface area contributed by atoms with Crippen molar-refractivity contribution in [2.45, 2.75) is 30.3 Å². The molecule has 1 aliphatic heterocycles. The van der Waals surface area contributed by atoms with Gasteiger partial charge in [0, 0.05) is 12.8 Å². The van der Waals surface area contributed by atoms with Gasteiger partial charge in [0.15, 0.2) is 9.84 Å². The molecule has 0 saturated carbocycles. The molecule has 1 aliphatic rings. The van der Waals surface area contributed by atoms with Crippen molar-refractivity contribution in [3.63, 3.8) is 0 Å². The van der Waals surface area contributed by atoms with Gasteiger partial charge in [-0.25, -0.2) is 8.42 Å². The number of rotatable bonds is 5. The first-order chi connectivity index (χ1) is 11.9. The minimum atomic E-state index is -3.24. The van der Waals surface area contributed by atoms with Crippen molar-refractivity contribution < 1.29 is 18.4 Å². The quantitative estimate of drug-likeness (QED) is 0.846. The third kappa shape index (κ3) is 4.29. The Labute approximate surface area is 150 Å². The number of hydrogen-bond donors (Lipinski definition) is 2. The van der Waals surface area contributed by atoms with Gasteiger partial charge < -0.3 is 10.0 Å². The summed E-state index contributed by atoms with van der Waals surface area (Å²) in [5, 5.41) is 10.9. The standard InChI is InChI=1S/C20H25NO3S/c1-17-7-9-19(10-8-17)25(23,24)16-15-21-13-11-20(22,12-14-21)18-5-3-2-4-6-18/h2-10,22H,11-16H2,1H3/p+1. The molecule has 0 spiro atoms. The van der Waals surface area contributed by atoms with E-state index in [0.717, 1.165) is 24.2 Å². The maximum atomic E-state index is 12.5. The normalized spacial score (nSPS) is 24.2. The number of quaternary nitrogens is 1. The first-order valence-corrected chi connectivity index (χ1v) is 10.5. The minimum Gasteiger partial charge on any atom is -0.385 e. The molecule has 0 atom stereocenters. The van der Waals surface area contributed by atoms with E-state index in [9.17, 15) is 13.5 Å². The zero-order valence-electron chi connectivity index (χ0n) is 14.6. The van der Waals surface area contributed by atoms with Crippen LogP contribution in [0.15, 0.2) is 59.5 Å². The molecule has 25 heavy (non-hydrogen) atoms. The molecule has 0 radical (unpaired) electrons. The lowest BCUT2D eigenvalue weighted by molar-refractivity contribution is -0.905. The van der Waals surface area contributed by atoms with E-state index < -0.39 is 15.4 Å². The second-order valence-corrected chi connectivity index (χ2v) is 9.14. The number of nitrogens with one attached hydrogen (secondary N) is 1. The summed E-state index contributed by atoms with van der Waals surface area (Å²) in [7, 11) is -3.24. The highest BCUT2D eigenvalue weighted by molar-refractivity contribution is 7.91. The molecule has 1 heterocycles. The third-order valence-electron chi connectivity index (χ3n) is 5.20. The molecule has 4 nitrogen and oxygen atoms in total. The van der Waals surface area contributed by atoms with Crippen molar-refractivity contribution in [1.29, 1.82) is 0 Å². The van der Waals surface area contributed by atoms with Crippen LogP contribution >= 0.6 is 0 Å². The molecular weight excluding hydrogens is 334 g/mol. The molecule has 0 aromatic heterocycles.